The van der Waals surface area contributed by atoms with Gasteiger partial charge in [-0.05, 0) is 43.7 Å². The summed E-state index contributed by atoms with van der Waals surface area (Å²) >= 11 is 0. The van der Waals surface area contributed by atoms with Gasteiger partial charge < -0.3 is 0 Å². The van der Waals surface area contributed by atoms with E-state index in [4.69, 9.17) is 0 Å². The lowest BCUT2D eigenvalue weighted by molar-refractivity contribution is 0.641. The second kappa shape index (κ2) is 9.64. The number of hydrogen-bond donors (Lipinski definition) is 0. The smallest absolute Gasteiger partial charge is 0.0209 e. The first-order valence-corrected chi connectivity index (χ1v) is 8.85. The fraction of sp³-hybridized carbons (Fsp3) is 1.00. The summed E-state index contributed by atoms with van der Waals surface area (Å²) in [5.41, 5.74) is 2.08. The predicted molar refractivity (Wildman–Crippen MR) is 75.4 cm³/mol. The van der Waals surface area contributed by atoms with Crippen LogP contribution in [0, 0.1) is 0 Å². The van der Waals surface area contributed by atoms with Crippen molar-refractivity contribution in [2.45, 2.75) is 84.0 Å². The van der Waals surface area contributed by atoms with Crippen LogP contribution in [0.2, 0.25) is 0 Å². The molecular weight excluding hydrogens is 199 g/mol. The van der Waals surface area contributed by atoms with E-state index < -0.39 is 0 Å². The standard InChI is InChI=1S/C14H31P/c1-6-10-13(9-4)15(5)14(11-7-2)12-8-3/h13-14H,6-12H2,1-5H3. The molecule has 0 aromatic rings. The summed E-state index contributed by atoms with van der Waals surface area (Å²) in [6.07, 6.45) is 9.92. The zero-order chi connectivity index (χ0) is 11.7. The minimum atomic E-state index is 0.275. The molecule has 0 N–H and O–H groups in total. The van der Waals surface area contributed by atoms with E-state index in [1.165, 1.54) is 44.9 Å². The molecule has 0 saturated heterocycles. The molecule has 92 valence electrons. The molecule has 0 aromatic carbocycles. The van der Waals surface area contributed by atoms with E-state index in [9.17, 15) is 0 Å². The van der Waals surface area contributed by atoms with Gasteiger partial charge in [0.1, 0.15) is 0 Å². The Hall–Kier alpha value is 0.430. The highest BCUT2D eigenvalue weighted by atomic mass is 31.1. The molecule has 0 bridgehead atoms. The van der Waals surface area contributed by atoms with E-state index in [0.717, 1.165) is 11.3 Å². The minimum Gasteiger partial charge on any atom is -0.104 e. The molecule has 0 aliphatic heterocycles. The SMILES string of the molecule is CCCC(CC)P(C)C(CCC)CCC. The van der Waals surface area contributed by atoms with Crippen molar-refractivity contribution in [1.82, 2.24) is 0 Å². The number of rotatable bonds is 9. The van der Waals surface area contributed by atoms with Gasteiger partial charge in [-0.25, -0.2) is 0 Å². The van der Waals surface area contributed by atoms with Gasteiger partial charge in [0, 0.05) is 0 Å². The van der Waals surface area contributed by atoms with Gasteiger partial charge in [0.05, 0.1) is 0 Å². The lowest BCUT2D eigenvalue weighted by atomic mass is 10.1. The molecule has 0 amide bonds. The maximum absolute atomic E-state index is 2.56. The Morgan fingerprint density at radius 1 is 0.733 bits per heavy atom. The second-order valence-corrected chi connectivity index (χ2v) is 7.54. The molecule has 2 unspecified atom stereocenters. The van der Waals surface area contributed by atoms with Crippen LogP contribution in [0.5, 0.6) is 0 Å². The van der Waals surface area contributed by atoms with Gasteiger partial charge in [0.15, 0.2) is 0 Å². The lowest BCUT2D eigenvalue weighted by Gasteiger charge is -2.31. The quantitative estimate of drug-likeness (QED) is 0.449. The summed E-state index contributed by atoms with van der Waals surface area (Å²) in [5.74, 6) is 0. The normalized spacial score (nSPS) is 15.6. The molecule has 0 spiro atoms. The maximum atomic E-state index is 2.56. The Morgan fingerprint density at radius 2 is 1.13 bits per heavy atom. The topological polar surface area (TPSA) is 0 Å². The average Bonchev–Trinajstić information content (AvgIpc) is 2.24. The van der Waals surface area contributed by atoms with E-state index in [1.54, 1.807) is 0 Å². The molecule has 0 fully saturated rings. The van der Waals surface area contributed by atoms with E-state index in [0.29, 0.717) is 0 Å². The molecular formula is C14H31P. The summed E-state index contributed by atoms with van der Waals surface area (Å²) in [7, 11) is 0.275. The van der Waals surface area contributed by atoms with Gasteiger partial charge in [-0.15, -0.1) is 7.92 Å². The van der Waals surface area contributed by atoms with Crippen LogP contribution in [0.4, 0.5) is 0 Å². The van der Waals surface area contributed by atoms with Crippen molar-refractivity contribution in [3.8, 4) is 0 Å². The Kier molecular flexibility index (Phi) is 9.92. The van der Waals surface area contributed by atoms with E-state index in [1.807, 2.05) is 0 Å². The molecule has 1 heteroatoms. The highest BCUT2D eigenvalue weighted by molar-refractivity contribution is 7.58. The zero-order valence-corrected chi connectivity index (χ0v) is 12.4. The van der Waals surface area contributed by atoms with Crippen LogP contribution >= 0.6 is 7.92 Å². The Labute approximate surface area is 99.0 Å². The summed E-state index contributed by atoms with van der Waals surface area (Å²) in [6, 6.07) is 0. The molecule has 0 aliphatic carbocycles. The van der Waals surface area contributed by atoms with Gasteiger partial charge in [0.25, 0.3) is 0 Å². The molecule has 15 heavy (non-hydrogen) atoms. The molecule has 0 radical (unpaired) electrons. The number of hydrogen-bond acceptors (Lipinski definition) is 0. The maximum Gasteiger partial charge on any atom is -0.0209 e. The Morgan fingerprint density at radius 3 is 1.47 bits per heavy atom. The van der Waals surface area contributed by atoms with Crippen LogP contribution in [-0.2, 0) is 0 Å². The third-order valence-corrected chi connectivity index (χ3v) is 6.93. The van der Waals surface area contributed by atoms with Crippen LogP contribution in [0.1, 0.15) is 72.6 Å². The van der Waals surface area contributed by atoms with Crippen molar-refractivity contribution in [2.24, 2.45) is 0 Å². The fourth-order valence-corrected chi connectivity index (χ4v) is 5.71. The average molecular weight is 230 g/mol. The molecule has 0 nitrogen and oxygen atoms in total. The highest BCUT2D eigenvalue weighted by Gasteiger charge is 2.21. The van der Waals surface area contributed by atoms with E-state index >= 15 is 0 Å². The molecule has 0 saturated carbocycles. The van der Waals surface area contributed by atoms with Crippen molar-refractivity contribution < 1.29 is 0 Å². The van der Waals surface area contributed by atoms with Gasteiger partial charge >= 0.3 is 0 Å². The second-order valence-electron chi connectivity index (χ2n) is 4.75. The molecule has 0 aliphatic rings. The van der Waals surface area contributed by atoms with Crippen molar-refractivity contribution in [3.05, 3.63) is 0 Å². The Balaban J connectivity index is 4.22. The fourth-order valence-electron chi connectivity index (χ4n) is 2.55. The van der Waals surface area contributed by atoms with Crippen LogP contribution in [0.3, 0.4) is 0 Å². The molecule has 2 atom stereocenters. The highest BCUT2D eigenvalue weighted by Crippen LogP contribution is 2.49. The summed E-state index contributed by atoms with van der Waals surface area (Å²) in [4.78, 5) is 0. The monoisotopic (exact) mass is 230 g/mol. The van der Waals surface area contributed by atoms with Crippen LogP contribution in [0.25, 0.3) is 0 Å². The summed E-state index contributed by atoms with van der Waals surface area (Å²) in [5, 5.41) is 0. The van der Waals surface area contributed by atoms with Gasteiger partial charge in [0.2, 0.25) is 0 Å². The van der Waals surface area contributed by atoms with Crippen LogP contribution < -0.4 is 0 Å². The molecule has 0 heterocycles. The van der Waals surface area contributed by atoms with E-state index in [2.05, 4.69) is 34.4 Å². The van der Waals surface area contributed by atoms with Crippen molar-refractivity contribution in [3.63, 3.8) is 0 Å². The molecule has 0 aromatic heterocycles. The Bertz CT molecular complexity index is 127. The predicted octanol–water partition coefficient (Wildman–Crippen LogP) is 5.65. The van der Waals surface area contributed by atoms with Crippen LogP contribution in [-0.4, -0.2) is 18.0 Å². The van der Waals surface area contributed by atoms with E-state index in [-0.39, 0.29) is 7.92 Å². The summed E-state index contributed by atoms with van der Waals surface area (Å²) in [6.45, 7) is 12.0. The van der Waals surface area contributed by atoms with Crippen LogP contribution in [0.15, 0.2) is 0 Å². The van der Waals surface area contributed by atoms with Gasteiger partial charge in [-0.1, -0.05) is 47.0 Å². The molecule has 0 rings (SSSR count). The zero-order valence-electron chi connectivity index (χ0n) is 11.6. The lowest BCUT2D eigenvalue weighted by Crippen LogP contribution is -2.14. The van der Waals surface area contributed by atoms with Crippen molar-refractivity contribution in [1.29, 1.82) is 0 Å². The summed E-state index contributed by atoms with van der Waals surface area (Å²) < 4.78 is 0. The third-order valence-electron chi connectivity index (χ3n) is 3.49. The van der Waals surface area contributed by atoms with Gasteiger partial charge in [-0.3, -0.25) is 0 Å². The first-order chi connectivity index (χ1) is 7.21. The third kappa shape index (κ3) is 5.91. The van der Waals surface area contributed by atoms with Crippen molar-refractivity contribution >= 4 is 7.92 Å². The first-order valence-electron chi connectivity index (χ1n) is 6.93. The minimum absolute atomic E-state index is 0.275. The first kappa shape index (κ1) is 15.4. The largest absolute Gasteiger partial charge is 0.104 e. The van der Waals surface area contributed by atoms with Gasteiger partial charge in [-0.2, -0.15) is 0 Å². The van der Waals surface area contributed by atoms with Crippen molar-refractivity contribution in [2.75, 3.05) is 6.66 Å².